The number of H-pyrrole nitrogens is 1. The van der Waals surface area contributed by atoms with Crippen molar-refractivity contribution in [3.8, 4) is 0 Å². The van der Waals surface area contributed by atoms with Gasteiger partial charge in [-0.2, -0.15) is 0 Å². The number of amides is 1. The Balaban J connectivity index is 2.49. The van der Waals surface area contributed by atoms with E-state index in [1.807, 2.05) is 31.2 Å². The second-order valence-electron chi connectivity index (χ2n) is 3.29. The summed E-state index contributed by atoms with van der Waals surface area (Å²) in [5.41, 5.74) is 2.69. The molecular weight excluding hydrogens is 192 g/mol. The average Bonchev–Trinajstić information content (AvgIpc) is 2.55. The first kappa shape index (κ1) is 9.58. The minimum Gasteiger partial charge on any atom is -0.453 e. The van der Waals surface area contributed by atoms with E-state index in [4.69, 9.17) is 0 Å². The number of carbonyl (C=O) groups is 1. The first-order valence-corrected chi connectivity index (χ1v) is 4.64. The molecule has 4 heteroatoms. The van der Waals surface area contributed by atoms with Gasteiger partial charge in [0.1, 0.15) is 0 Å². The van der Waals surface area contributed by atoms with Crippen molar-refractivity contribution in [2.45, 2.75) is 6.92 Å². The minimum atomic E-state index is -0.456. The minimum absolute atomic E-state index is 0.456. The number of fused-ring (bicyclic) bond motifs is 1. The quantitative estimate of drug-likeness (QED) is 0.750. The van der Waals surface area contributed by atoms with E-state index in [-0.39, 0.29) is 0 Å². The van der Waals surface area contributed by atoms with Gasteiger partial charge in [0.2, 0.25) is 0 Å². The molecule has 15 heavy (non-hydrogen) atoms. The van der Waals surface area contributed by atoms with Gasteiger partial charge in [0, 0.05) is 16.6 Å². The molecule has 1 aromatic heterocycles. The van der Waals surface area contributed by atoms with Crippen molar-refractivity contribution in [3.63, 3.8) is 0 Å². The molecule has 0 aliphatic carbocycles. The van der Waals surface area contributed by atoms with E-state index in [0.717, 1.165) is 22.3 Å². The van der Waals surface area contributed by atoms with Gasteiger partial charge in [-0.1, -0.05) is 18.2 Å². The van der Waals surface area contributed by atoms with Crippen LogP contribution in [0.2, 0.25) is 0 Å². The van der Waals surface area contributed by atoms with Crippen LogP contribution in [0.4, 0.5) is 10.5 Å². The molecule has 0 spiro atoms. The van der Waals surface area contributed by atoms with Crippen LogP contribution in [0.5, 0.6) is 0 Å². The van der Waals surface area contributed by atoms with Crippen LogP contribution in [-0.2, 0) is 4.74 Å². The fourth-order valence-electron chi connectivity index (χ4n) is 1.59. The van der Waals surface area contributed by atoms with Crippen LogP contribution in [0.3, 0.4) is 0 Å². The molecule has 0 aliphatic rings. The number of aromatic nitrogens is 1. The standard InChI is InChI=1S/C11H12N2O2/c1-7-10(13-11(14)15-2)8-5-3-4-6-9(8)12-7/h3-6,12H,1-2H3,(H,13,14). The molecule has 78 valence electrons. The molecule has 0 fully saturated rings. The van der Waals surface area contributed by atoms with E-state index < -0.39 is 6.09 Å². The zero-order valence-electron chi connectivity index (χ0n) is 8.63. The van der Waals surface area contributed by atoms with Crippen LogP contribution in [0.1, 0.15) is 5.69 Å². The lowest BCUT2D eigenvalue weighted by molar-refractivity contribution is 0.187. The first-order chi connectivity index (χ1) is 7.22. The average molecular weight is 204 g/mol. The Hall–Kier alpha value is -1.97. The second kappa shape index (κ2) is 3.65. The van der Waals surface area contributed by atoms with Crippen LogP contribution in [0.25, 0.3) is 10.9 Å². The van der Waals surface area contributed by atoms with Gasteiger partial charge in [-0.05, 0) is 13.0 Å². The lowest BCUT2D eigenvalue weighted by atomic mass is 10.2. The summed E-state index contributed by atoms with van der Waals surface area (Å²) in [5, 5.41) is 3.68. The maximum absolute atomic E-state index is 11.1. The molecule has 0 aliphatic heterocycles. The van der Waals surface area contributed by atoms with Crippen molar-refractivity contribution >= 4 is 22.7 Å². The highest BCUT2D eigenvalue weighted by Gasteiger charge is 2.10. The number of nitrogens with one attached hydrogen (secondary N) is 2. The van der Waals surface area contributed by atoms with Gasteiger partial charge in [0.25, 0.3) is 0 Å². The van der Waals surface area contributed by atoms with Crippen molar-refractivity contribution < 1.29 is 9.53 Å². The van der Waals surface area contributed by atoms with Crippen LogP contribution in [0.15, 0.2) is 24.3 Å². The molecule has 1 aromatic carbocycles. The van der Waals surface area contributed by atoms with Gasteiger partial charge >= 0.3 is 6.09 Å². The molecule has 1 heterocycles. The van der Waals surface area contributed by atoms with Gasteiger partial charge in [0.05, 0.1) is 12.8 Å². The third kappa shape index (κ3) is 1.66. The second-order valence-corrected chi connectivity index (χ2v) is 3.29. The molecular formula is C11H12N2O2. The fourth-order valence-corrected chi connectivity index (χ4v) is 1.59. The van der Waals surface area contributed by atoms with Gasteiger partial charge < -0.3 is 9.72 Å². The first-order valence-electron chi connectivity index (χ1n) is 4.64. The number of aromatic amines is 1. The van der Waals surface area contributed by atoms with E-state index in [0.29, 0.717) is 0 Å². The number of benzene rings is 1. The third-order valence-corrected chi connectivity index (χ3v) is 2.31. The van der Waals surface area contributed by atoms with Gasteiger partial charge in [-0.3, -0.25) is 5.32 Å². The topological polar surface area (TPSA) is 54.1 Å². The fraction of sp³-hybridized carbons (Fsp3) is 0.182. The summed E-state index contributed by atoms with van der Waals surface area (Å²) in [5.74, 6) is 0. The summed E-state index contributed by atoms with van der Waals surface area (Å²) in [6.45, 7) is 1.91. The Labute approximate surface area is 87.2 Å². The number of carbonyl (C=O) groups excluding carboxylic acids is 1. The summed E-state index contributed by atoms with van der Waals surface area (Å²) in [6.07, 6.45) is -0.456. The van der Waals surface area contributed by atoms with E-state index in [2.05, 4.69) is 15.0 Å². The van der Waals surface area contributed by atoms with Crippen LogP contribution in [0, 0.1) is 6.92 Å². The maximum Gasteiger partial charge on any atom is 0.411 e. The summed E-state index contributed by atoms with van der Waals surface area (Å²) >= 11 is 0. The summed E-state index contributed by atoms with van der Waals surface area (Å²) < 4.78 is 4.56. The molecule has 2 N–H and O–H groups in total. The third-order valence-electron chi connectivity index (χ3n) is 2.31. The largest absolute Gasteiger partial charge is 0.453 e. The number of para-hydroxylation sites is 1. The zero-order chi connectivity index (χ0) is 10.8. The molecule has 0 unspecified atom stereocenters. The lowest BCUT2D eigenvalue weighted by Gasteiger charge is -2.02. The molecule has 0 saturated heterocycles. The highest BCUT2D eigenvalue weighted by atomic mass is 16.5. The molecule has 0 saturated carbocycles. The van der Waals surface area contributed by atoms with Gasteiger partial charge in [-0.15, -0.1) is 0 Å². The van der Waals surface area contributed by atoms with Crippen LogP contribution in [-0.4, -0.2) is 18.2 Å². The lowest BCUT2D eigenvalue weighted by Crippen LogP contribution is -2.11. The van der Waals surface area contributed by atoms with Crippen molar-refractivity contribution in [2.75, 3.05) is 12.4 Å². The van der Waals surface area contributed by atoms with E-state index in [1.165, 1.54) is 7.11 Å². The van der Waals surface area contributed by atoms with Crippen LogP contribution >= 0.6 is 0 Å². The number of hydrogen-bond donors (Lipinski definition) is 2. The molecule has 0 atom stereocenters. The Bertz CT molecular complexity index is 502. The Morgan fingerprint density at radius 2 is 2.13 bits per heavy atom. The Morgan fingerprint density at radius 3 is 2.87 bits per heavy atom. The van der Waals surface area contributed by atoms with E-state index in [1.54, 1.807) is 0 Å². The van der Waals surface area contributed by atoms with Crippen molar-refractivity contribution in [3.05, 3.63) is 30.0 Å². The number of rotatable bonds is 1. The highest BCUT2D eigenvalue weighted by molar-refractivity contribution is 6.00. The van der Waals surface area contributed by atoms with Crippen molar-refractivity contribution in [1.29, 1.82) is 0 Å². The monoisotopic (exact) mass is 204 g/mol. The van der Waals surface area contributed by atoms with Crippen LogP contribution < -0.4 is 5.32 Å². The normalized spacial score (nSPS) is 10.3. The predicted octanol–water partition coefficient (Wildman–Crippen LogP) is 2.65. The Kier molecular flexibility index (Phi) is 2.33. The predicted molar refractivity (Wildman–Crippen MR) is 59.1 cm³/mol. The molecule has 0 radical (unpaired) electrons. The number of methoxy groups -OCH3 is 1. The highest BCUT2D eigenvalue weighted by Crippen LogP contribution is 2.26. The zero-order valence-corrected chi connectivity index (χ0v) is 8.63. The van der Waals surface area contributed by atoms with Crippen molar-refractivity contribution in [2.24, 2.45) is 0 Å². The maximum atomic E-state index is 11.1. The number of anilines is 1. The number of aryl methyl sites for hydroxylation is 1. The van der Waals surface area contributed by atoms with Crippen molar-refractivity contribution in [1.82, 2.24) is 4.98 Å². The molecule has 0 bridgehead atoms. The molecule has 2 rings (SSSR count). The number of hydrogen-bond acceptors (Lipinski definition) is 2. The summed E-state index contributed by atoms with van der Waals surface area (Å²) in [7, 11) is 1.35. The van der Waals surface area contributed by atoms with Gasteiger partial charge in [0.15, 0.2) is 0 Å². The molecule has 1 amide bonds. The Morgan fingerprint density at radius 1 is 1.40 bits per heavy atom. The summed E-state index contributed by atoms with van der Waals surface area (Å²) in [4.78, 5) is 14.3. The molecule has 2 aromatic rings. The summed E-state index contributed by atoms with van der Waals surface area (Å²) in [6, 6.07) is 7.78. The smallest absolute Gasteiger partial charge is 0.411 e. The SMILES string of the molecule is COC(=O)Nc1c(C)[nH]c2ccccc12. The van der Waals surface area contributed by atoms with E-state index in [9.17, 15) is 4.79 Å². The number of ether oxygens (including phenoxy) is 1. The van der Waals surface area contributed by atoms with E-state index >= 15 is 0 Å². The molecule has 4 nitrogen and oxygen atoms in total. The van der Waals surface area contributed by atoms with Gasteiger partial charge in [-0.25, -0.2) is 4.79 Å².